The quantitative estimate of drug-likeness (QED) is 0.915. The van der Waals surface area contributed by atoms with Crippen LogP contribution in [0, 0.1) is 17.1 Å². The predicted octanol–water partition coefficient (Wildman–Crippen LogP) is 2.80. The number of aromatic amines is 1. The molecular weight excluding hydrogens is 287 g/mol. The van der Waals surface area contributed by atoms with Crippen molar-refractivity contribution >= 4 is 21.6 Å². The summed E-state index contributed by atoms with van der Waals surface area (Å²) < 4.78 is 14.0. The van der Waals surface area contributed by atoms with Gasteiger partial charge in [-0.15, -0.1) is 0 Å². The zero-order valence-electron chi connectivity index (χ0n) is 8.67. The average Bonchev–Trinajstić information content (AvgIpc) is 2.84. The van der Waals surface area contributed by atoms with Gasteiger partial charge < -0.3 is 5.32 Å². The number of hydrogen-bond acceptors (Lipinski definition) is 3. The van der Waals surface area contributed by atoms with E-state index in [1.54, 1.807) is 24.5 Å². The molecule has 1 heterocycles. The molecule has 0 aliphatic heterocycles. The molecule has 0 aliphatic carbocycles. The monoisotopic (exact) mass is 294 g/mol. The van der Waals surface area contributed by atoms with Gasteiger partial charge in [0.25, 0.3) is 0 Å². The number of benzene rings is 1. The van der Waals surface area contributed by atoms with Crippen molar-refractivity contribution in [3.05, 3.63) is 45.9 Å². The zero-order chi connectivity index (χ0) is 12.3. The average molecular weight is 295 g/mol. The highest BCUT2D eigenvalue weighted by Gasteiger charge is 2.10. The van der Waals surface area contributed by atoms with Gasteiger partial charge in [0.05, 0.1) is 21.9 Å². The summed E-state index contributed by atoms with van der Waals surface area (Å²) in [6.07, 6.45) is 3.38. The largest absolute Gasteiger partial charge is 0.378 e. The molecule has 1 aromatic carbocycles. The van der Waals surface area contributed by atoms with Crippen LogP contribution >= 0.6 is 15.9 Å². The minimum atomic E-state index is -0.465. The molecule has 0 radical (unpaired) electrons. The molecule has 1 aromatic heterocycles. The minimum absolute atomic E-state index is 0.178. The molecular formula is C11H8BrFN4. The Hall–Kier alpha value is -1.87. The smallest absolute Gasteiger partial charge is 0.161 e. The van der Waals surface area contributed by atoms with E-state index in [1.165, 1.54) is 0 Å². The lowest BCUT2D eigenvalue weighted by Crippen LogP contribution is -2.01. The van der Waals surface area contributed by atoms with Gasteiger partial charge in [0.2, 0.25) is 0 Å². The summed E-state index contributed by atoms with van der Waals surface area (Å²) >= 11 is 3.05. The summed E-state index contributed by atoms with van der Waals surface area (Å²) in [5, 5.41) is 18.1. The molecule has 0 saturated carbocycles. The zero-order valence-corrected chi connectivity index (χ0v) is 10.3. The first-order valence-corrected chi connectivity index (χ1v) is 5.61. The van der Waals surface area contributed by atoms with E-state index in [4.69, 9.17) is 5.26 Å². The minimum Gasteiger partial charge on any atom is -0.378 e. The number of nitrogens with one attached hydrogen (secondary N) is 2. The number of rotatable bonds is 3. The topological polar surface area (TPSA) is 64.5 Å². The van der Waals surface area contributed by atoms with E-state index in [0.717, 1.165) is 5.56 Å². The van der Waals surface area contributed by atoms with Crippen LogP contribution in [0.4, 0.5) is 10.1 Å². The Morgan fingerprint density at radius 3 is 3.00 bits per heavy atom. The number of nitrogens with zero attached hydrogens (tertiary/aromatic N) is 2. The van der Waals surface area contributed by atoms with Gasteiger partial charge >= 0.3 is 0 Å². The predicted molar refractivity (Wildman–Crippen MR) is 64.7 cm³/mol. The Balaban J connectivity index is 2.17. The van der Waals surface area contributed by atoms with Crippen LogP contribution in [0.5, 0.6) is 0 Å². The van der Waals surface area contributed by atoms with Crippen LogP contribution in [0.3, 0.4) is 0 Å². The van der Waals surface area contributed by atoms with Crippen LogP contribution in [0.25, 0.3) is 0 Å². The molecule has 0 fully saturated rings. The Bertz CT molecular complexity index is 560. The fraction of sp³-hybridized carbons (Fsp3) is 0.0909. The summed E-state index contributed by atoms with van der Waals surface area (Å²) in [6, 6.07) is 5.00. The van der Waals surface area contributed by atoms with Crippen molar-refractivity contribution in [2.45, 2.75) is 6.54 Å². The molecule has 2 rings (SSSR count). The summed E-state index contributed by atoms with van der Waals surface area (Å²) in [5.74, 6) is -0.465. The van der Waals surface area contributed by atoms with Crippen molar-refractivity contribution in [2.24, 2.45) is 0 Å². The van der Waals surface area contributed by atoms with E-state index in [0.29, 0.717) is 12.2 Å². The fourth-order valence-corrected chi connectivity index (χ4v) is 1.78. The van der Waals surface area contributed by atoms with E-state index < -0.39 is 5.82 Å². The van der Waals surface area contributed by atoms with Crippen molar-refractivity contribution in [1.82, 2.24) is 10.2 Å². The van der Waals surface area contributed by atoms with Gasteiger partial charge in [0, 0.05) is 18.3 Å². The number of halogens is 2. The molecule has 0 amide bonds. The van der Waals surface area contributed by atoms with Crippen LogP contribution in [0.15, 0.2) is 29.0 Å². The number of H-pyrrole nitrogens is 1. The first-order valence-electron chi connectivity index (χ1n) is 4.82. The van der Waals surface area contributed by atoms with Crippen molar-refractivity contribution in [1.29, 1.82) is 5.26 Å². The third-order valence-corrected chi connectivity index (χ3v) is 3.02. The summed E-state index contributed by atoms with van der Waals surface area (Å²) in [7, 11) is 0. The first kappa shape index (κ1) is 11.6. The van der Waals surface area contributed by atoms with E-state index in [1.807, 2.05) is 6.07 Å². The molecule has 0 unspecified atom stereocenters. The van der Waals surface area contributed by atoms with Crippen LogP contribution in [0.2, 0.25) is 0 Å². The maximum Gasteiger partial charge on any atom is 0.161 e. The van der Waals surface area contributed by atoms with Gasteiger partial charge in [-0.25, -0.2) is 4.39 Å². The van der Waals surface area contributed by atoms with Crippen LogP contribution in [-0.2, 0) is 6.54 Å². The molecule has 0 aliphatic rings. The van der Waals surface area contributed by atoms with Gasteiger partial charge in [-0.05, 0) is 28.1 Å². The van der Waals surface area contributed by atoms with Gasteiger partial charge in [-0.2, -0.15) is 10.4 Å². The molecule has 0 bridgehead atoms. The molecule has 17 heavy (non-hydrogen) atoms. The summed E-state index contributed by atoms with van der Waals surface area (Å²) in [4.78, 5) is 0. The third kappa shape index (κ3) is 2.45. The highest BCUT2D eigenvalue weighted by Crippen LogP contribution is 2.26. The van der Waals surface area contributed by atoms with E-state index in [-0.39, 0.29) is 10.0 Å². The molecule has 86 valence electrons. The molecule has 4 nitrogen and oxygen atoms in total. The number of nitriles is 1. The van der Waals surface area contributed by atoms with Gasteiger partial charge in [-0.1, -0.05) is 0 Å². The van der Waals surface area contributed by atoms with Gasteiger partial charge in [0.15, 0.2) is 5.82 Å². The van der Waals surface area contributed by atoms with Gasteiger partial charge in [0.1, 0.15) is 6.07 Å². The van der Waals surface area contributed by atoms with E-state index in [9.17, 15) is 4.39 Å². The van der Waals surface area contributed by atoms with Gasteiger partial charge in [-0.3, -0.25) is 5.10 Å². The van der Waals surface area contributed by atoms with Crippen LogP contribution in [-0.4, -0.2) is 10.2 Å². The van der Waals surface area contributed by atoms with E-state index >= 15 is 0 Å². The molecule has 2 aromatic rings. The Morgan fingerprint density at radius 2 is 2.35 bits per heavy atom. The van der Waals surface area contributed by atoms with Crippen molar-refractivity contribution in [3.63, 3.8) is 0 Å². The van der Waals surface area contributed by atoms with Crippen LogP contribution < -0.4 is 5.32 Å². The van der Waals surface area contributed by atoms with E-state index in [2.05, 4.69) is 31.4 Å². The Kier molecular flexibility index (Phi) is 3.40. The normalized spacial score (nSPS) is 9.94. The fourth-order valence-electron chi connectivity index (χ4n) is 1.34. The second-order valence-electron chi connectivity index (χ2n) is 3.36. The number of aromatic nitrogens is 2. The lowest BCUT2D eigenvalue weighted by Gasteiger charge is -2.08. The highest BCUT2D eigenvalue weighted by molar-refractivity contribution is 9.10. The number of hydrogen-bond donors (Lipinski definition) is 2. The maximum absolute atomic E-state index is 13.8. The number of anilines is 1. The second-order valence-corrected chi connectivity index (χ2v) is 4.15. The molecule has 0 saturated heterocycles. The lowest BCUT2D eigenvalue weighted by atomic mass is 10.2. The molecule has 6 heteroatoms. The van der Waals surface area contributed by atoms with Crippen molar-refractivity contribution in [2.75, 3.05) is 5.32 Å². The Labute approximate surface area is 106 Å². The molecule has 0 atom stereocenters. The highest BCUT2D eigenvalue weighted by atomic mass is 79.9. The summed E-state index contributed by atoms with van der Waals surface area (Å²) in [6.45, 7) is 0.464. The Morgan fingerprint density at radius 1 is 1.53 bits per heavy atom. The SMILES string of the molecule is N#Cc1ccc(NCc2cn[nH]c2)c(F)c1Br. The summed E-state index contributed by atoms with van der Waals surface area (Å²) in [5.41, 5.74) is 1.54. The maximum atomic E-state index is 13.8. The third-order valence-electron chi connectivity index (χ3n) is 2.24. The van der Waals surface area contributed by atoms with Crippen molar-refractivity contribution < 1.29 is 4.39 Å². The molecule has 2 N–H and O–H groups in total. The lowest BCUT2D eigenvalue weighted by molar-refractivity contribution is 0.623. The van der Waals surface area contributed by atoms with Crippen molar-refractivity contribution in [3.8, 4) is 6.07 Å². The standard InChI is InChI=1S/C11H8BrFN4/c12-10-8(3-14)1-2-9(11(10)13)15-4-7-5-16-17-6-7/h1-2,5-6,15H,4H2,(H,16,17). The second kappa shape index (κ2) is 4.97. The molecule has 0 spiro atoms. The first-order chi connectivity index (χ1) is 8.22. The van der Waals surface area contributed by atoms with Crippen LogP contribution in [0.1, 0.15) is 11.1 Å².